The first kappa shape index (κ1) is 17.1. The minimum atomic E-state index is -0.190. The number of hydrogen-bond donors (Lipinski definition) is 1. The van der Waals surface area contributed by atoms with Gasteiger partial charge < -0.3 is 20.0 Å². The molecule has 0 atom stereocenters. The number of hydrogen-bond acceptors (Lipinski definition) is 6. The van der Waals surface area contributed by atoms with Gasteiger partial charge in [-0.15, -0.1) is 0 Å². The minimum Gasteiger partial charge on any atom is -0.349 e. The van der Waals surface area contributed by atoms with Crippen molar-refractivity contribution in [3.05, 3.63) is 17.5 Å². The van der Waals surface area contributed by atoms with Crippen LogP contribution in [0.2, 0.25) is 0 Å². The Balaban J connectivity index is 2.04. The summed E-state index contributed by atoms with van der Waals surface area (Å²) in [6.45, 7) is 5.83. The van der Waals surface area contributed by atoms with Crippen LogP contribution < -0.4 is 10.2 Å². The van der Waals surface area contributed by atoms with Gasteiger partial charge in [-0.05, 0) is 27.1 Å². The summed E-state index contributed by atoms with van der Waals surface area (Å²) < 4.78 is 0. The number of aromatic nitrogens is 2. The number of nitrogens with one attached hydrogen (secondary N) is 1. The first-order valence-electron chi connectivity index (χ1n) is 7.72. The number of carbonyl (C=O) groups excluding carboxylic acids is 2. The van der Waals surface area contributed by atoms with Crippen LogP contribution in [0, 0.1) is 6.92 Å². The monoisotopic (exact) mass is 320 g/mol. The van der Waals surface area contributed by atoms with Crippen molar-refractivity contribution in [1.82, 2.24) is 25.1 Å². The van der Waals surface area contributed by atoms with Crippen molar-refractivity contribution in [2.45, 2.75) is 6.92 Å². The first-order valence-corrected chi connectivity index (χ1v) is 7.72. The average molecular weight is 320 g/mol. The van der Waals surface area contributed by atoms with E-state index in [0.717, 1.165) is 18.6 Å². The highest BCUT2D eigenvalue weighted by Crippen LogP contribution is 2.12. The molecule has 1 aromatic heterocycles. The SMILES string of the molecule is Cc1cc(C(=O)NCCN(C)C)nc(N2CCN(C=O)CC2)n1. The summed E-state index contributed by atoms with van der Waals surface area (Å²) in [7, 11) is 3.91. The third-order valence-corrected chi connectivity index (χ3v) is 3.67. The second kappa shape index (κ2) is 7.87. The summed E-state index contributed by atoms with van der Waals surface area (Å²) in [6.07, 6.45) is 0.859. The van der Waals surface area contributed by atoms with E-state index in [-0.39, 0.29) is 5.91 Å². The summed E-state index contributed by atoms with van der Waals surface area (Å²) in [6, 6.07) is 1.69. The molecule has 0 unspecified atom stereocenters. The van der Waals surface area contributed by atoms with Crippen LogP contribution in [0.25, 0.3) is 0 Å². The molecular weight excluding hydrogens is 296 g/mol. The zero-order valence-corrected chi connectivity index (χ0v) is 13.9. The highest BCUT2D eigenvalue weighted by atomic mass is 16.2. The summed E-state index contributed by atoms with van der Waals surface area (Å²) in [4.78, 5) is 37.5. The molecule has 1 saturated heterocycles. The van der Waals surface area contributed by atoms with Gasteiger partial charge in [0.25, 0.3) is 5.91 Å². The molecule has 0 saturated carbocycles. The third-order valence-electron chi connectivity index (χ3n) is 3.67. The van der Waals surface area contributed by atoms with Crippen molar-refractivity contribution in [3.63, 3.8) is 0 Å². The van der Waals surface area contributed by atoms with E-state index in [1.165, 1.54) is 0 Å². The Morgan fingerprint density at radius 2 is 2.00 bits per heavy atom. The number of carbonyl (C=O) groups is 2. The molecule has 0 bridgehead atoms. The van der Waals surface area contributed by atoms with Gasteiger partial charge in [-0.2, -0.15) is 0 Å². The van der Waals surface area contributed by atoms with Gasteiger partial charge in [0, 0.05) is 45.0 Å². The van der Waals surface area contributed by atoms with E-state index in [1.54, 1.807) is 11.0 Å². The zero-order valence-electron chi connectivity index (χ0n) is 13.9. The lowest BCUT2D eigenvalue weighted by molar-refractivity contribution is -0.118. The standard InChI is InChI=1S/C15H24N6O2/c1-12-10-13(14(23)16-4-5-19(2)3)18-15(17-12)21-8-6-20(11-22)7-9-21/h10-11H,4-9H2,1-3H3,(H,16,23). The number of piperazine rings is 1. The van der Waals surface area contributed by atoms with Crippen molar-refractivity contribution in [3.8, 4) is 0 Å². The van der Waals surface area contributed by atoms with Crippen molar-refractivity contribution in [2.75, 3.05) is 58.3 Å². The molecule has 0 radical (unpaired) electrons. The van der Waals surface area contributed by atoms with E-state index in [4.69, 9.17) is 0 Å². The first-order chi connectivity index (χ1) is 11.0. The molecule has 126 valence electrons. The normalized spacial score (nSPS) is 15.0. The maximum atomic E-state index is 12.2. The van der Waals surface area contributed by atoms with Gasteiger partial charge in [0.1, 0.15) is 5.69 Å². The number of amides is 2. The van der Waals surface area contributed by atoms with E-state index in [9.17, 15) is 9.59 Å². The lowest BCUT2D eigenvalue weighted by Crippen LogP contribution is -2.46. The minimum absolute atomic E-state index is 0.190. The summed E-state index contributed by atoms with van der Waals surface area (Å²) >= 11 is 0. The molecule has 1 fully saturated rings. The van der Waals surface area contributed by atoms with Gasteiger partial charge >= 0.3 is 0 Å². The Morgan fingerprint density at radius 1 is 1.30 bits per heavy atom. The fraction of sp³-hybridized carbons (Fsp3) is 0.600. The molecule has 8 nitrogen and oxygen atoms in total. The lowest BCUT2D eigenvalue weighted by Gasteiger charge is -2.32. The Kier molecular flexibility index (Phi) is 5.86. The average Bonchev–Trinajstić information content (AvgIpc) is 2.54. The third kappa shape index (κ3) is 4.88. The molecule has 0 aromatic carbocycles. The van der Waals surface area contributed by atoms with Gasteiger partial charge in [0.05, 0.1) is 0 Å². The smallest absolute Gasteiger partial charge is 0.270 e. The quantitative estimate of drug-likeness (QED) is 0.702. The molecule has 2 amide bonds. The van der Waals surface area contributed by atoms with Crippen LogP contribution in [0.5, 0.6) is 0 Å². The van der Waals surface area contributed by atoms with E-state index in [0.29, 0.717) is 44.4 Å². The van der Waals surface area contributed by atoms with Crippen molar-refractivity contribution in [2.24, 2.45) is 0 Å². The van der Waals surface area contributed by atoms with Gasteiger partial charge in [-0.1, -0.05) is 0 Å². The molecule has 2 rings (SSSR count). The maximum absolute atomic E-state index is 12.2. The van der Waals surface area contributed by atoms with Crippen molar-refractivity contribution >= 4 is 18.3 Å². The zero-order chi connectivity index (χ0) is 16.8. The van der Waals surface area contributed by atoms with Crippen LogP contribution in [-0.4, -0.2) is 85.4 Å². The van der Waals surface area contributed by atoms with E-state index in [2.05, 4.69) is 15.3 Å². The van der Waals surface area contributed by atoms with Crippen LogP contribution in [0.15, 0.2) is 6.07 Å². The lowest BCUT2D eigenvalue weighted by atomic mass is 10.3. The van der Waals surface area contributed by atoms with Crippen LogP contribution in [0.1, 0.15) is 16.2 Å². The van der Waals surface area contributed by atoms with Crippen LogP contribution in [0.4, 0.5) is 5.95 Å². The maximum Gasteiger partial charge on any atom is 0.270 e. The summed E-state index contributed by atoms with van der Waals surface area (Å²) in [5, 5.41) is 2.86. The van der Waals surface area contributed by atoms with Gasteiger partial charge in [-0.25, -0.2) is 9.97 Å². The molecule has 0 aliphatic carbocycles. The van der Waals surface area contributed by atoms with Crippen LogP contribution >= 0.6 is 0 Å². The van der Waals surface area contributed by atoms with Crippen molar-refractivity contribution in [1.29, 1.82) is 0 Å². The Bertz CT molecular complexity index is 555. The van der Waals surface area contributed by atoms with Crippen LogP contribution in [0.3, 0.4) is 0 Å². The second-order valence-corrected chi connectivity index (χ2v) is 5.88. The van der Waals surface area contributed by atoms with Gasteiger partial charge in [0.2, 0.25) is 12.4 Å². The Labute approximate surface area is 136 Å². The predicted octanol–water partition coefficient (Wildman–Crippen LogP) is -0.645. The number of anilines is 1. The Hall–Kier alpha value is -2.22. The van der Waals surface area contributed by atoms with Crippen LogP contribution in [-0.2, 0) is 4.79 Å². The fourth-order valence-corrected chi connectivity index (χ4v) is 2.32. The fourth-order valence-electron chi connectivity index (χ4n) is 2.32. The molecule has 2 heterocycles. The predicted molar refractivity (Wildman–Crippen MR) is 87.5 cm³/mol. The van der Waals surface area contributed by atoms with E-state index in [1.807, 2.05) is 30.8 Å². The highest BCUT2D eigenvalue weighted by Gasteiger charge is 2.19. The van der Waals surface area contributed by atoms with Gasteiger partial charge in [-0.3, -0.25) is 9.59 Å². The largest absolute Gasteiger partial charge is 0.349 e. The van der Waals surface area contributed by atoms with Gasteiger partial charge in [0.15, 0.2) is 0 Å². The molecule has 1 aliphatic rings. The molecule has 1 aromatic rings. The molecule has 8 heteroatoms. The molecular formula is C15H24N6O2. The Morgan fingerprint density at radius 3 is 2.61 bits per heavy atom. The molecule has 1 aliphatic heterocycles. The van der Waals surface area contributed by atoms with E-state index >= 15 is 0 Å². The number of nitrogens with zero attached hydrogens (tertiary/aromatic N) is 5. The summed E-state index contributed by atoms with van der Waals surface area (Å²) in [5.41, 5.74) is 1.13. The molecule has 23 heavy (non-hydrogen) atoms. The highest BCUT2D eigenvalue weighted by molar-refractivity contribution is 5.92. The number of rotatable bonds is 6. The molecule has 0 spiro atoms. The second-order valence-electron chi connectivity index (χ2n) is 5.88. The van der Waals surface area contributed by atoms with E-state index < -0.39 is 0 Å². The number of aryl methyl sites for hydroxylation is 1. The summed E-state index contributed by atoms with van der Waals surface area (Å²) in [5.74, 6) is 0.360. The molecule has 1 N–H and O–H groups in total. The topological polar surface area (TPSA) is 81.7 Å². The number of likely N-dealkylation sites (N-methyl/N-ethyl adjacent to an activating group) is 1. The van der Waals surface area contributed by atoms with Crippen molar-refractivity contribution < 1.29 is 9.59 Å².